The second-order valence-corrected chi connectivity index (χ2v) is 6.11. The molecule has 0 unspecified atom stereocenters. The second-order valence-electron chi connectivity index (χ2n) is 6.11. The molecule has 0 aromatic carbocycles. The number of ether oxygens (including phenoxy) is 1. The maximum absolute atomic E-state index is 11.9. The van der Waals surface area contributed by atoms with E-state index >= 15 is 0 Å². The Bertz CT molecular complexity index is 255. The summed E-state index contributed by atoms with van der Waals surface area (Å²) in [6.07, 6.45) is 3.37. The van der Waals surface area contributed by atoms with Crippen molar-refractivity contribution >= 4 is 5.91 Å². The molecule has 0 radical (unpaired) electrons. The highest BCUT2D eigenvalue weighted by molar-refractivity contribution is 5.77. The lowest BCUT2D eigenvalue weighted by atomic mass is 10.2. The summed E-state index contributed by atoms with van der Waals surface area (Å²) in [7, 11) is 1.88. The molecule has 0 saturated carbocycles. The summed E-state index contributed by atoms with van der Waals surface area (Å²) < 4.78 is 5.64. The Kier molecular flexibility index (Phi) is 6.09. The third kappa shape index (κ3) is 6.36. The number of rotatable bonds is 6. The van der Waals surface area contributed by atoms with E-state index in [1.807, 2.05) is 11.9 Å². The molecule has 18 heavy (non-hydrogen) atoms. The van der Waals surface area contributed by atoms with Gasteiger partial charge in [-0.15, -0.1) is 0 Å². The highest BCUT2D eigenvalue weighted by atomic mass is 16.5. The van der Waals surface area contributed by atoms with Crippen LogP contribution in [0.4, 0.5) is 0 Å². The molecule has 0 aromatic heterocycles. The lowest BCUT2D eigenvalue weighted by molar-refractivity contribution is -0.131. The standard InChI is InChI=1S/C14H28N2O2/c1-14(2,3)18-11-7-8-15(4)13(17)12-16-9-5-6-10-16/h5-12H2,1-4H3. The predicted molar refractivity (Wildman–Crippen MR) is 73.6 cm³/mol. The molecule has 0 atom stereocenters. The van der Waals surface area contributed by atoms with Crippen molar-refractivity contribution in [2.24, 2.45) is 0 Å². The molecule has 1 fully saturated rings. The summed E-state index contributed by atoms with van der Waals surface area (Å²) in [6.45, 7) is 10.4. The molecule has 0 aromatic rings. The zero-order chi connectivity index (χ0) is 13.6. The molecule has 0 bridgehead atoms. The molecule has 0 spiro atoms. The lowest BCUT2D eigenvalue weighted by Crippen LogP contribution is -2.38. The fourth-order valence-electron chi connectivity index (χ4n) is 2.06. The SMILES string of the molecule is CN(CCCOC(C)(C)C)C(=O)CN1CCCC1. The van der Waals surface area contributed by atoms with Crippen molar-refractivity contribution in [1.29, 1.82) is 0 Å². The Morgan fingerprint density at radius 3 is 2.44 bits per heavy atom. The van der Waals surface area contributed by atoms with Gasteiger partial charge in [-0.2, -0.15) is 0 Å². The first kappa shape index (κ1) is 15.4. The van der Waals surface area contributed by atoms with Crippen molar-refractivity contribution in [3.8, 4) is 0 Å². The molecule has 0 aliphatic carbocycles. The van der Waals surface area contributed by atoms with Gasteiger partial charge in [0.25, 0.3) is 0 Å². The number of likely N-dealkylation sites (tertiary alicyclic amines) is 1. The summed E-state index contributed by atoms with van der Waals surface area (Å²) in [5.74, 6) is 0.229. The van der Waals surface area contributed by atoms with E-state index in [0.717, 1.165) is 26.1 Å². The highest BCUT2D eigenvalue weighted by Gasteiger charge is 2.17. The molecule has 1 saturated heterocycles. The average Bonchev–Trinajstić information content (AvgIpc) is 2.75. The Morgan fingerprint density at radius 2 is 1.89 bits per heavy atom. The first-order valence-electron chi connectivity index (χ1n) is 6.99. The number of nitrogens with zero attached hydrogens (tertiary/aromatic N) is 2. The zero-order valence-electron chi connectivity index (χ0n) is 12.4. The number of carbonyl (C=O) groups excluding carboxylic acids is 1. The Hall–Kier alpha value is -0.610. The van der Waals surface area contributed by atoms with Gasteiger partial charge in [0.15, 0.2) is 0 Å². The molecule has 4 nitrogen and oxygen atoms in total. The molecule has 1 amide bonds. The first-order chi connectivity index (χ1) is 8.38. The van der Waals surface area contributed by atoms with Gasteiger partial charge in [0.1, 0.15) is 0 Å². The van der Waals surface area contributed by atoms with Gasteiger partial charge < -0.3 is 9.64 Å². The van der Waals surface area contributed by atoms with Crippen LogP contribution >= 0.6 is 0 Å². The maximum Gasteiger partial charge on any atom is 0.236 e. The van der Waals surface area contributed by atoms with Gasteiger partial charge in [0, 0.05) is 20.2 Å². The summed E-state index contributed by atoms with van der Waals surface area (Å²) >= 11 is 0. The lowest BCUT2D eigenvalue weighted by Gasteiger charge is -2.23. The number of hydrogen-bond acceptors (Lipinski definition) is 3. The van der Waals surface area contributed by atoms with Gasteiger partial charge in [-0.25, -0.2) is 0 Å². The minimum atomic E-state index is -0.0852. The van der Waals surface area contributed by atoms with Crippen LogP contribution in [0.5, 0.6) is 0 Å². The van der Waals surface area contributed by atoms with Crippen molar-refractivity contribution < 1.29 is 9.53 Å². The number of carbonyl (C=O) groups is 1. The third-order valence-corrected chi connectivity index (χ3v) is 3.16. The smallest absolute Gasteiger partial charge is 0.236 e. The van der Waals surface area contributed by atoms with Gasteiger partial charge in [0.2, 0.25) is 5.91 Å². The molecular weight excluding hydrogens is 228 g/mol. The largest absolute Gasteiger partial charge is 0.376 e. The van der Waals surface area contributed by atoms with Crippen molar-refractivity contribution in [1.82, 2.24) is 9.80 Å². The van der Waals surface area contributed by atoms with E-state index in [2.05, 4.69) is 25.7 Å². The van der Waals surface area contributed by atoms with Gasteiger partial charge in [-0.3, -0.25) is 9.69 Å². The van der Waals surface area contributed by atoms with E-state index < -0.39 is 0 Å². The molecule has 106 valence electrons. The van der Waals surface area contributed by atoms with E-state index in [0.29, 0.717) is 13.2 Å². The van der Waals surface area contributed by atoms with E-state index in [4.69, 9.17) is 4.74 Å². The third-order valence-electron chi connectivity index (χ3n) is 3.16. The number of hydrogen-bond donors (Lipinski definition) is 0. The summed E-state index contributed by atoms with van der Waals surface area (Å²) in [5.41, 5.74) is -0.0852. The van der Waals surface area contributed by atoms with E-state index in [1.54, 1.807) is 0 Å². The Morgan fingerprint density at radius 1 is 1.28 bits per heavy atom. The van der Waals surface area contributed by atoms with Crippen LogP contribution < -0.4 is 0 Å². The topological polar surface area (TPSA) is 32.8 Å². The van der Waals surface area contributed by atoms with Gasteiger partial charge in [0.05, 0.1) is 12.1 Å². The van der Waals surface area contributed by atoms with Crippen molar-refractivity contribution in [2.45, 2.75) is 45.6 Å². The predicted octanol–water partition coefficient (Wildman–Crippen LogP) is 1.75. The van der Waals surface area contributed by atoms with Gasteiger partial charge in [-0.1, -0.05) is 0 Å². The minimum Gasteiger partial charge on any atom is -0.376 e. The fraction of sp³-hybridized carbons (Fsp3) is 0.929. The molecule has 1 heterocycles. The van der Waals surface area contributed by atoms with Crippen LogP contribution in [0.15, 0.2) is 0 Å². The van der Waals surface area contributed by atoms with Gasteiger partial charge in [-0.05, 0) is 53.1 Å². The summed E-state index contributed by atoms with van der Waals surface area (Å²) in [6, 6.07) is 0. The van der Waals surface area contributed by atoms with E-state index in [9.17, 15) is 4.79 Å². The monoisotopic (exact) mass is 256 g/mol. The van der Waals surface area contributed by atoms with Crippen LogP contribution in [0.2, 0.25) is 0 Å². The summed E-state index contributed by atoms with van der Waals surface area (Å²) in [5, 5.41) is 0. The zero-order valence-corrected chi connectivity index (χ0v) is 12.4. The van der Waals surface area contributed by atoms with E-state index in [-0.39, 0.29) is 11.5 Å². The van der Waals surface area contributed by atoms with Crippen LogP contribution in [-0.2, 0) is 9.53 Å². The van der Waals surface area contributed by atoms with Crippen LogP contribution in [0, 0.1) is 0 Å². The first-order valence-corrected chi connectivity index (χ1v) is 6.99. The normalized spacial score (nSPS) is 17.1. The quantitative estimate of drug-likeness (QED) is 0.679. The minimum absolute atomic E-state index is 0.0852. The van der Waals surface area contributed by atoms with Gasteiger partial charge >= 0.3 is 0 Å². The Balaban J connectivity index is 2.11. The van der Waals surface area contributed by atoms with Crippen molar-refractivity contribution in [3.05, 3.63) is 0 Å². The molecule has 4 heteroatoms. The average molecular weight is 256 g/mol. The second kappa shape index (κ2) is 7.10. The Labute approximate surface area is 111 Å². The van der Waals surface area contributed by atoms with E-state index in [1.165, 1.54) is 12.8 Å². The maximum atomic E-state index is 11.9. The van der Waals surface area contributed by atoms with Crippen LogP contribution in [0.25, 0.3) is 0 Å². The van der Waals surface area contributed by atoms with Crippen molar-refractivity contribution in [2.75, 3.05) is 39.8 Å². The number of amides is 1. The van der Waals surface area contributed by atoms with Crippen molar-refractivity contribution in [3.63, 3.8) is 0 Å². The molecule has 1 aliphatic heterocycles. The molecular formula is C14H28N2O2. The molecule has 1 rings (SSSR count). The van der Waals surface area contributed by atoms with Crippen LogP contribution in [0.1, 0.15) is 40.0 Å². The fourth-order valence-corrected chi connectivity index (χ4v) is 2.06. The van der Waals surface area contributed by atoms with Crippen LogP contribution in [-0.4, -0.2) is 61.1 Å². The highest BCUT2D eigenvalue weighted by Crippen LogP contribution is 2.08. The molecule has 0 N–H and O–H groups in total. The van der Waals surface area contributed by atoms with Crippen LogP contribution in [0.3, 0.4) is 0 Å². The molecule has 1 aliphatic rings. The summed E-state index contributed by atoms with van der Waals surface area (Å²) in [4.78, 5) is 16.0. The number of likely N-dealkylation sites (N-methyl/N-ethyl adjacent to an activating group) is 1.